The van der Waals surface area contributed by atoms with Gasteiger partial charge < -0.3 is 33.2 Å². The van der Waals surface area contributed by atoms with Crippen molar-refractivity contribution in [3.05, 3.63) is 217 Å². The Morgan fingerprint density at radius 3 is 0.963 bits per heavy atom. The van der Waals surface area contributed by atoms with Gasteiger partial charge in [0.1, 0.15) is 28.8 Å². The van der Waals surface area contributed by atoms with Crippen LogP contribution in [-0.2, 0) is 39.6 Å². The third-order valence-corrected chi connectivity index (χ3v) is 11.4. The molecular formula is C69H82O12. The number of carbonyl (C=O) groups excluding carboxylic acids is 6. The molecule has 1 atom stereocenters. The molecule has 7 aromatic rings. The van der Waals surface area contributed by atoms with Crippen LogP contribution in [0.3, 0.4) is 0 Å². The van der Waals surface area contributed by atoms with E-state index in [-0.39, 0.29) is 51.4 Å². The van der Waals surface area contributed by atoms with Gasteiger partial charge in [0.15, 0.2) is 11.5 Å². The maximum absolute atomic E-state index is 11.3. The molecule has 1 fully saturated rings. The summed E-state index contributed by atoms with van der Waals surface area (Å²) in [6, 6.07) is 63.8. The fourth-order valence-electron chi connectivity index (χ4n) is 8.61. The number of benzene rings is 7. The predicted octanol–water partition coefficient (Wildman–Crippen LogP) is 15.8. The van der Waals surface area contributed by atoms with Crippen LogP contribution < -0.4 is 28.4 Å². The van der Waals surface area contributed by atoms with Gasteiger partial charge in [0.25, 0.3) is 0 Å². The highest BCUT2D eigenvalue weighted by Crippen LogP contribution is 2.53. The Kier molecular flexibility index (Phi) is 30.2. The maximum Gasteiger partial charge on any atom is 0.308 e. The van der Waals surface area contributed by atoms with Gasteiger partial charge in [-0.2, -0.15) is 0 Å². The molecule has 0 radical (unpaired) electrons. The molecule has 0 N–H and O–H groups in total. The zero-order valence-corrected chi connectivity index (χ0v) is 49.7. The maximum atomic E-state index is 11.3. The van der Waals surface area contributed by atoms with Crippen molar-refractivity contribution in [3.63, 3.8) is 0 Å². The van der Waals surface area contributed by atoms with E-state index in [2.05, 4.69) is 45.0 Å². The van der Waals surface area contributed by atoms with Crippen LogP contribution >= 0.6 is 0 Å². The lowest BCUT2D eigenvalue weighted by Crippen LogP contribution is -2.41. The fraction of sp³-hybridized carbons (Fsp3) is 0.304. The number of carbonyl (C=O) groups is 6. The summed E-state index contributed by atoms with van der Waals surface area (Å²) in [7, 11) is 1.58. The Labute approximate surface area is 480 Å². The minimum absolute atomic E-state index is 0.0797. The van der Waals surface area contributed by atoms with Crippen molar-refractivity contribution in [2.24, 2.45) is 11.3 Å². The molecule has 0 aliphatic heterocycles. The Morgan fingerprint density at radius 1 is 0.407 bits per heavy atom. The Balaban J connectivity index is 0.000000365. The van der Waals surface area contributed by atoms with Crippen LogP contribution in [0.25, 0.3) is 0 Å². The van der Waals surface area contributed by atoms with Crippen molar-refractivity contribution in [2.45, 2.75) is 120 Å². The van der Waals surface area contributed by atoms with Crippen LogP contribution in [-0.4, -0.2) is 42.7 Å². The van der Waals surface area contributed by atoms with Gasteiger partial charge in [0, 0.05) is 40.0 Å². The van der Waals surface area contributed by atoms with Crippen LogP contribution in [0.1, 0.15) is 126 Å². The minimum Gasteiger partial charge on any atom is -0.497 e. The smallest absolute Gasteiger partial charge is 0.308 e. The summed E-state index contributed by atoms with van der Waals surface area (Å²) in [6.07, 6.45) is 3.24. The van der Waals surface area contributed by atoms with Crippen molar-refractivity contribution in [1.29, 1.82) is 0 Å². The first-order valence-corrected chi connectivity index (χ1v) is 26.6. The molecule has 1 aliphatic rings. The van der Waals surface area contributed by atoms with Gasteiger partial charge in [-0.15, -0.1) is 0 Å². The number of hydrogen-bond acceptors (Lipinski definition) is 12. The van der Waals surface area contributed by atoms with Gasteiger partial charge in [-0.25, -0.2) is 0 Å². The van der Waals surface area contributed by atoms with Crippen molar-refractivity contribution < 1.29 is 57.2 Å². The molecule has 7 aromatic carbocycles. The molecule has 1 aliphatic carbocycles. The molecule has 0 saturated heterocycles. The van der Waals surface area contributed by atoms with Crippen LogP contribution in [0.5, 0.6) is 34.5 Å². The molecule has 430 valence electrons. The van der Waals surface area contributed by atoms with E-state index in [0.717, 1.165) is 24.2 Å². The van der Waals surface area contributed by atoms with E-state index in [1.807, 2.05) is 160 Å². The van der Waals surface area contributed by atoms with Crippen molar-refractivity contribution in [2.75, 3.05) is 7.11 Å². The molecule has 81 heavy (non-hydrogen) atoms. The standard InChI is InChI=1S/C25H30O4.C14H18O4.C9H10O3.3C6H6.C3H6O/c1-17-14-24(4,5)16-25(15-17,20-6-10-22(11-7-20)28-18(2)26)21-8-12-23(13-9-21)29-19(3)27;1-9(15)17-12-7-6-11(14(3,4)5)8-13(12)18-10(2)16;1-7(10)12-9-5-3-8(11-2)4-6-9;3*1-2-4-6-5-3-1;1-3(2)4/h6-13,17H,14-16H2,1-5H3;6-8H,1-5H3;3-6H,1-2H3;3*1-6H;1-2H3. The average molecular weight is 1100 g/mol. The second kappa shape index (κ2) is 35.8. The van der Waals surface area contributed by atoms with Gasteiger partial charge >= 0.3 is 29.8 Å². The van der Waals surface area contributed by atoms with Gasteiger partial charge in [0.2, 0.25) is 0 Å². The van der Waals surface area contributed by atoms with Crippen molar-refractivity contribution in [1.82, 2.24) is 0 Å². The lowest BCUT2D eigenvalue weighted by atomic mass is 9.55. The molecular weight excluding hydrogens is 1020 g/mol. The van der Waals surface area contributed by atoms with Gasteiger partial charge in [-0.1, -0.05) is 181 Å². The highest BCUT2D eigenvalue weighted by Gasteiger charge is 2.45. The second-order valence-corrected chi connectivity index (χ2v) is 20.9. The number of rotatable bonds is 8. The number of hydrogen-bond donors (Lipinski definition) is 0. The van der Waals surface area contributed by atoms with E-state index in [9.17, 15) is 28.8 Å². The monoisotopic (exact) mass is 1100 g/mol. The van der Waals surface area contributed by atoms with Crippen molar-refractivity contribution in [3.8, 4) is 34.5 Å². The van der Waals surface area contributed by atoms with Crippen LogP contribution in [0.15, 0.2) is 200 Å². The molecule has 0 bridgehead atoms. The Hall–Kier alpha value is -8.64. The SMILES string of the molecule is CC(=O)Oc1ccc(C(C)(C)C)cc1OC(C)=O.CC(=O)Oc1ccc(C2(c3ccc(OC(C)=O)cc3)CC(C)CC(C)(C)C2)cc1.CC(C)=O.COc1ccc(OC(C)=O)cc1.c1ccccc1.c1ccccc1.c1ccccc1. The predicted molar refractivity (Wildman–Crippen MR) is 321 cm³/mol. The third kappa shape index (κ3) is 29.2. The van der Waals surface area contributed by atoms with E-state index in [1.54, 1.807) is 43.5 Å². The van der Waals surface area contributed by atoms with Crippen LogP contribution in [0.4, 0.5) is 0 Å². The van der Waals surface area contributed by atoms with E-state index in [4.69, 9.17) is 28.4 Å². The molecule has 0 amide bonds. The molecule has 12 nitrogen and oxygen atoms in total. The lowest BCUT2D eigenvalue weighted by Gasteiger charge is -2.48. The molecule has 0 aromatic heterocycles. The summed E-state index contributed by atoms with van der Waals surface area (Å²) in [5.74, 6) is 1.79. The minimum atomic E-state index is -0.452. The number of ether oxygens (including phenoxy) is 6. The zero-order valence-electron chi connectivity index (χ0n) is 49.7. The number of methoxy groups -OCH3 is 1. The Morgan fingerprint density at radius 2 is 0.691 bits per heavy atom. The molecule has 8 rings (SSSR count). The highest BCUT2D eigenvalue weighted by molar-refractivity contribution is 5.74. The average Bonchev–Trinajstić information content (AvgIpc) is 3.54. The highest BCUT2D eigenvalue weighted by atomic mass is 16.6. The van der Waals surface area contributed by atoms with Gasteiger partial charge in [-0.3, -0.25) is 24.0 Å². The molecule has 1 saturated carbocycles. The van der Waals surface area contributed by atoms with E-state index < -0.39 is 11.9 Å². The largest absolute Gasteiger partial charge is 0.497 e. The summed E-state index contributed by atoms with van der Waals surface area (Å²) in [5.41, 5.74) is 3.39. The normalized spacial score (nSPS) is 13.0. The lowest BCUT2D eigenvalue weighted by molar-refractivity contribution is -0.134. The first-order valence-electron chi connectivity index (χ1n) is 26.6. The van der Waals surface area contributed by atoms with Crippen LogP contribution in [0.2, 0.25) is 0 Å². The summed E-state index contributed by atoms with van der Waals surface area (Å²) >= 11 is 0. The first kappa shape index (κ1) is 68.5. The zero-order chi connectivity index (χ0) is 60.4. The molecule has 12 heteroatoms. The Bertz CT molecular complexity index is 2710. The summed E-state index contributed by atoms with van der Waals surface area (Å²) in [4.78, 5) is 64.5. The number of esters is 5. The quantitative estimate of drug-likeness (QED) is 0.105. The second-order valence-electron chi connectivity index (χ2n) is 20.9. The summed E-state index contributed by atoms with van der Waals surface area (Å²) < 4.78 is 30.3. The van der Waals surface area contributed by atoms with Gasteiger partial charge in [0.05, 0.1) is 7.11 Å². The van der Waals surface area contributed by atoms with Gasteiger partial charge in [-0.05, 0) is 127 Å². The summed E-state index contributed by atoms with van der Waals surface area (Å²) in [6.45, 7) is 23.0. The van der Waals surface area contributed by atoms with E-state index in [1.165, 1.54) is 66.0 Å². The molecule has 0 spiro atoms. The number of Topliss-reactive ketones (excluding diaryl/α,β-unsaturated/α-hetero) is 1. The third-order valence-electron chi connectivity index (χ3n) is 11.4. The van der Waals surface area contributed by atoms with Crippen molar-refractivity contribution >= 4 is 35.6 Å². The molecule has 1 unspecified atom stereocenters. The number of ketones is 1. The fourth-order valence-corrected chi connectivity index (χ4v) is 8.61. The summed E-state index contributed by atoms with van der Waals surface area (Å²) in [5, 5.41) is 0. The van der Waals surface area contributed by atoms with Crippen LogP contribution in [0, 0.1) is 11.3 Å². The molecule has 0 heterocycles. The van der Waals surface area contributed by atoms with E-state index in [0.29, 0.717) is 23.2 Å². The first-order chi connectivity index (χ1) is 38.2. The van der Waals surface area contributed by atoms with E-state index >= 15 is 0 Å². The topological polar surface area (TPSA) is 158 Å².